The van der Waals surface area contributed by atoms with Crippen LogP contribution in [0.25, 0.3) is 0 Å². The standard InChI is InChI=1S/C15H20FNO3S/c1-21(19,20)17-7-3-5-13(11-17)10-15(18)9-12-4-2-6-14(16)8-12/h2,4,6,8,13H,3,5,7,9-11H2,1H3. The zero-order valence-electron chi connectivity index (χ0n) is 12.1. The molecule has 0 bridgehead atoms. The Labute approximate surface area is 125 Å². The maximum Gasteiger partial charge on any atom is 0.211 e. The molecule has 6 heteroatoms. The van der Waals surface area contributed by atoms with E-state index in [4.69, 9.17) is 0 Å². The van der Waals surface area contributed by atoms with Crippen LogP contribution in [0.4, 0.5) is 4.39 Å². The van der Waals surface area contributed by atoms with E-state index >= 15 is 0 Å². The van der Waals surface area contributed by atoms with Crippen molar-refractivity contribution in [3.05, 3.63) is 35.6 Å². The average molecular weight is 313 g/mol. The summed E-state index contributed by atoms with van der Waals surface area (Å²) >= 11 is 0. The van der Waals surface area contributed by atoms with Crippen LogP contribution in [0.5, 0.6) is 0 Å². The van der Waals surface area contributed by atoms with E-state index in [1.54, 1.807) is 12.1 Å². The first-order chi connectivity index (χ1) is 9.84. The topological polar surface area (TPSA) is 54.5 Å². The van der Waals surface area contributed by atoms with Crippen molar-refractivity contribution >= 4 is 15.8 Å². The van der Waals surface area contributed by atoms with Gasteiger partial charge in [0.1, 0.15) is 11.6 Å². The van der Waals surface area contributed by atoms with Crippen LogP contribution in [0, 0.1) is 11.7 Å². The van der Waals surface area contributed by atoms with Gasteiger partial charge in [-0.3, -0.25) is 4.79 Å². The zero-order chi connectivity index (χ0) is 15.5. The maximum absolute atomic E-state index is 13.1. The molecule has 1 atom stereocenters. The predicted molar refractivity (Wildman–Crippen MR) is 78.9 cm³/mol. The molecule has 1 heterocycles. The number of ketones is 1. The minimum Gasteiger partial charge on any atom is -0.299 e. The van der Waals surface area contributed by atoms with E-state index in [-0.39, 0.29) is 23.9 Å². The van der Waals surface area contributed by atoms with Crippen molar-refractivity contribution in [2.24, 2.45) is 5.92 Å². The second-order valence-electron chi connectivity index (χ2n) is 5.68. The first kappa shape index (κ1) is 16.1. The highest BCUT2D eigenvalue weighted by Crippen LogP contribution is 2.22. The SMILES string of the molecule is CS(=O)(=O)N1CCCC(CC(=O)Cc2cccc(F)c2)C1. The third-order valence-electron chi connectivity index (χ3n) is 3.76. The summed E-state index contributed by atoms with van der Waals surface area (Å²) in [6, 6.07) is 6.02. The first-order valence-electron chi connectivity index (χ1n) is 7.06. The van der Waals surface area contributed by atoms with Gasteiger partial charge in [-0.1, -0.05) is 12.1 Å². The molecule has 1 fully saturated rings. The molecule has 1 aliphatic rings. The van der Waals surface area contributed by atoms with E-state index < -0.39 is 10.0 Å². The Balaban J connectivity index is 1.90. The van der Waals surface area contributed by atoms with Gasteiger partial charge in [0.15, 0.2) is 0 Å². The van der Waals surface area contributed by atoms with Crippen LogP contribution in [0.2, 0.25) is 0 Å². The fourth-order valence-electron chi connectivity index (χ4n) is 2.76. The maximum atomic E-state index is 13.1. The Hall–Kier alpha value is -1.27. The lowest BCUT2D eigenvalue weighted by molar-refractivity contribution is -0.119. The number of piperidine rings is 1. The van der Waals surface area contributed by atoms with Gasteiger partial charge >= 0.3 is 0 Å². The highest BCUT2D eigenvalue weighted by Gasteiger charge is 2.27. The number of hydrogen-bond donors (Lipinski definition) is 0. The largest absolute Gasteiger partial charge is 0.299 e. The lowest BCUT2D eigenvalue weighted by Gasteiger charge is -2.30. The number of rotatable bonds is 5. The number of benzene rings is 1. The fraction of sp³-hybridized carbons (Fsp3) is 0.533. The number of Topliss-reactive ketones (excluding diaryl/α,β-unsaturated/α-hetero) is 1. The van der Waals surface area contributed by atoms with E-state index in [9.17, 15) is 17.6 Å². The monoisotopic (exact) mass is 313 g/mol. The third kappa shape index (κ3) is 4.89. The molecule has 0 spiro atoms. The summed E-state index contributed by atoms with van der Waals surface area (Å²) in [4.78, 5) is 12.1. The summed E-state index contributed by atoms with van der Waals surface area (Å²) in [6.07, 6.45) is 3.39. The van der Waals surface area contributed by atoms with E-state index in [0.717, 1.165) is 12.8 Å². The predicted octanol–water partition coefficient (Wildman–Crippen LogP) is 2.00. The molecule has 0 saturated carbocycles. The number of nitrogens with zero attached hydrogens (tertiary/aromatic N) is 1. The highest BCUT2D eigenvalue weighted by molar-refractivity contribution is 7.88. The minimum atomic E-state index is -3.19. The Morgan fingerprint density at radius 3 is 2.86 bits per heavy atom. The highest BCUT2D eigenvalue weighted by atomic mass is 32.2. The van der Waals surface area contributed by atoms with Crippen LogP contribution in [-0.2, 0) is 21.2 Å². The van der Waals surface area contributed by atoms with Gasteiger partial charge < -0.3 is 0 Å². The normalized spacial score (nSPS) is 20.4. The second-order valence-corrected chi connectivity index (χ2v) is 7.66. The Morgan fingerprint density at radius 1 is 1.43 bits per heavy atom. The third-order valence-corrected chi connectivity index (χ3v) is 5.03. The van der Waals surface area contributed by atoms with E-state index in [1.807, 2.05) is 0 Å². The van der Waals surface area contributed by atoms with Crippen molar-refractivity contribution in [3.63, 3.8) is 0 Å². The van der Waals surface area contributed by atoms with E-state index in [2.05, 4.69) is 0 Å². The molecular formula is C15H20FNO3S. The Morgan fingerprint density at radius 2 is 2.19 bits per heavy atom. The summed E-state index contributed by atoms with van der Waals surface area (Å²) < 4.78 is 37.6. The molecule has 116 valence electrons. The van der Waals surface area contributed by atoms with Crippen molar-refractivity contribution in [1.82, 2.24) is 4.31 Å². The molecule has 0 amide bonds. The number of hydrogen-bond acceptors (Lipinski definition) is 3. The minimum absolute atomic E-state index is 0.0287. The number of carbonyl (C=O) groups excluding carboxylic acids is 1. The summed E-state index contributed by atoms with van der Waals surface area (Å²) in [5.74, 6) is -0.253. The molecule has 1 aromatic carbocycles. The van der Waals surface area contributed by atoms with Crippen LogP contribution < -0.4 is 0 Å². The van der Waals surface area contributed by atoms with Crippen LogP contribution in [-0.4, -0.2) is 37.9 Å². The summed E-state index contributed by atoms with van der Waals surface area (Å²) in [7, 11) is -3.19. The molecule has 0 radical (unpaired) electrons. The Bertz CT molecular complexity index is 615. The number of sulfonamides is 1. The Kier molecular flexibility index (Phi) is 5.11. The van der Waals surface area contributed by atoms with Crippen LogP contribution >= 0.6 is 0 Å². The summed E-state index contributed by atoms with van der Waals surface area (Å²) in [5.41, 5.74) is 0.663. The number of halogens is 1. The van der Waals surface area contributed by atoms with Crippen LogP contribution in [0.15, 0.2) is 24.3 Å². The molecule has 1 aromatic rings. The number of carbonyl (C=O) groups is 1. The van der Waals surface area contributed by atoms with E-state index in [0.29, 0.717) is 25.1 Å². The smallest absolute Gasteiger partial charge is 0.211 e. The van der Waals surface area contributed by atoms with Crippen molar-refractivity contribution in [3.8, 4) is 0 Å². The molecular weight excluding hydrogens is 293 g/mol. The molecule has 0 aliphatic carbocycles. The van der Waals surface area contributed by atoms with Gasteiger partial charge in [0.2, 0.25) is 10.0 Å². The molecule has 1 saturated heterocycles. The van der Waals surface area contributed by atoms with Crippen LogP contribution in [0.1, 0.15) is 24.8 Å². The second kappa shape index (κ2) is 6.66. The lowest BCUT2D eigenvalue weighted by Crippen LogP contribution is -2.39. The molecule has 0 N–H and O–H groups in total. The summed E-state index contributed by atoms with van der Waals surface area (Å²) in [5, 5.41) is 0. The average Bonchev–Trinajstić information content (AvgIpc) is 2.37. The van der Waals surface area contributed by atoms with E-state index in [1.165, 1.54) is 22.7 Å². The van der Waals surface area contributed by atoms with Gasteiger partial charge in [0.25, 0.3) is 0 Å². The molecule has 2 rings (SSSR count). The quantitative estimate of drug-likeness (QED) is 0.835. The van der Waals surface area contributed by atoms with Gasteiger partial charge in [-0.2, -0.15) is 0 Å². The van der Waals surface area contributed by atoms with Gasteiger partial charge in [0.05, 0.1) is 6.26 Å². The van der Waals surface area contributed by atoms with Gasteiger partial charge in [-0.25, -0.2) is 17.1 Å². The van der Waals surface area contributed by atoms with Crippen LogP contribution in [0.3, 0.4) is 0 Å². The molecule has 1 aliphatic heterocycles. The van der Waals surface area contributed by atoms with Crippen molar-refractivity contribution in [2.75, 3.05) is 19.3 Å². The summed E-state index contributed by atoms with van der Waals surface area (Å²) in [6.45, 7) is 0.946. The molecule has 4 nitrogen and oxygen atoms in total. The lowest BCUT2D eigenvalue weighted by atomic mass is 9.92. The molecule has 1 unspecified atom stereocenters. The van der Waals surface area contributed by atoms with Crippen molar-refractivity contribution < 1.29 is 17.6 Å². The fourth-order valence-corrected chi connectivity index (χ4v) is 3.71. The van der Waals surface area contributed by atoms with Gasteiger partial charge in [0, 0.05) is 25.9 Å². The van der Waals surface area contributed by atoms with Gasteiger partial charge in [-0.05, 0) is 36.5 Å². The molecule has 21 heavy (non-hydrogen) atoms. The zero-order valence-corrected chi connectivity index (χ0v) is 12.9. The molecule has 0 aromatic heterocycles. The van der Waals surface area contributed by atoms with Crippen molar-refractivity contribution in [1.29, 1.82) is 0 Å². The first-order valence-corrected chi connectivity index (χ1v) is 8.90. The van der Waals surface area contributed by atoms with Gasteiger partial charge in [-0.15, -0.1) is 0 Å². The van der Waals surface area contributed by atoms with Crippen molar-refractivity contribution in [2.45, 2.75) is 25.7 Å².